The number of hydrogen-bond acceptors (Lipinski definition) is 3. The molecular formula is C25H22FN3O3. The maximum Gasteiger partial charge on any atom is 0.323 e. The first-order valence-electron chi connectivity index (χ1n) is 10.2. The first-order valence-corrected chi connectivity index (χ1v) is 10.2. The van der Waals surface area contributed by atoms with Gasteiger partial charge in [-0.05, 0) is 48.4 Å². The lowest BCUT2D eigenvalue weighted by molar-refractivity contribution is -0.137. The van der Waals surface area contributed by atoms with Gasteiger partial charge in [0.05, 0.1) is 11.0 Å². The smallest absolute Gasteiger partial charge is 0.323 e. The van der Waals surface area contributed by atoms with Gasteiger partial charge in [0.2, 0.25) is 0 Å². The van der Waals surface area contributed by atoms with Gasteiger partial charge in [0.25, 0.3) is 5.91 Å². The zero-order valence-electron chi connectivity index (χ0n) is 17.5. The number of aryl methyl sites for hydroxylation is 1. The first-order chi connectivity index (χ1) is 15.4. The fraction of sp³-hybridized carbons (Fsp3) is 0.160. The molecule has 1 N–H and O–H groups in total. The van der Waals surface area contributed by atoms with Crippen LogP contribution in [-0.2, 0) is 17.9 Å². The number of aromatic nitrogens is 2. The number of benzene rings is 3. The standard InChI is InChI=1S/C25H22FN3O3/c1-17-27-22-13-20(9-12-23(22)29(17)15-18-5-3-2-4-6-18)25(32)28(16-24(30)31)14-19-7-10-21(26)11-8-19/h2-13H,14-16H2,1H3,(H,30,31). The van der Waals surface area contributed by atoms with Crippen LogP contribution >= 0.6 is 0 Å². The minimum absolute atomic E-state index is 0.0604. The molecule has 0 radical (unpaired) electrons. The van der Waals surface area contributed by atoms with Gasteiger partial charge in [-0.2, -0.15) is 0 Å². The molecule has 4 aromatic rings. The van der Waals surface area contributed by atoms with Crippen LogP contribution in [0.2, 0.25) is 0 Å². The Hall–Kier alpha value is -4.00. The second-order valence-corrected chi connectivity index (χ2v) is 7.62. The van der Waals surface area contributed by atoms with Gasteiger partial charge < -0.3 is 14.6 Å². The summed E-state index contributed by atoms with van der Waals surface area (Å²) in [6.07, 6.45) is 0. The van der Waals surface area contributed by atoms with Gasteiger partial charge >= 0.3 is 5.97 Å². The van der Waals surface area contributed by atoms with Crippen LogP contribution < -0.4 is 0 Å². The number of hydrogen-bond donors (Lipinski definition) is 1. The van der Waals surface area contributed by atoms with Crippen molar-refractivity contribution >= 4 is 22.9 Å². The molecule has 0 saturated heterocycles. The van der Waals surface area contributed by atoms with E-state index in [0.717, 1.165) is 16.9 Å². The van der Waals surface area contributed by atoms with Crippen LogP contribution in [0.4, 0.5) is 4.39 Å². The highest BCUT2D eigenvalue weighted by molar-refractivity contribution is 5.98. The van der Waals surface area contributed by atoms with Crippen LogP contribution in [0.3, 0.4) is 0 Å². The largest absolute Gasteiger partial charge is 0.480 e. The van der Waals surface area contributed by atoms with Crippen molar-refractivity contribution < 1.29 is 19.1 Å². The number of fused-ring (bicyclic) bond motifs is 1. The maximum absolute atomic E-state index is 13.2. The third kappa shape index (κ3) is 4.67. The topological polar surface area (TPSA) is 75.4 Å². The average molecular weight is 431 g/mol. The number of carboxylic acid groups (broad SMARTS) is 1. The maximum atomic E-state index is 13.2. The Bertz CT molecular complexity index is 1270. The zero-order chi connectivity index (χ0) is 22.7. The van der Waals surface area contributed by atoms with E-state index in [1.807, 2.05) is 43.3 Å². The zero-order valence-corrected chi connectivity index (χ0v) is 17.5. The van der Waals surface area contributed by atoms with E-state index in [-0.39, 0.29) is 6.54 Å². The van der Waals surface area contributed by atoms with Gasteiger partial charge in [-0.25, -0.2) is 9.37 Å². The molecule has 0 aliphatic rings. The van der Waals surface area contributed by atoms with E-state index in [2.05, 4.69) is 9.55 Å². The lowest BCUT2D eigenvalue weighted by Crippen LogP contribution is -2.35. The third-order valence-corrected chi connectivity index (χ3v) is 5.27. The van der Waals surface area contributed by atoms with Crippen LogP contribution in [0.25, 0.3) is 11.0 Å². The first kappa shape index (κ1) is 21.2. The summed E-state index contributed by atoms with van der Waals surface area (Å²) in [5.74, 6) is -1.11. The fourth-order valence-electron chi connectivity index (χ4n) is 3.70. The van der Waals surface area contributed by atoms with Crippen LogP contribution in [0.5, 0.6) is 0 Å². The number of carbonyl (C=O) groups is 2. The van der Waals surface area contributed by atoms with Gasteiger partial charge in [0, 0.05) is 18.7 Å². The molecule has 0 bridgehead atoms. The van der Waals surface area contributed by atoms with Crippen LogP contribution in [0.15, 0.2) is 72.8 Å². The summed E-state index contributed by atoms with van der Waals surface area (Å²) in [4.78, 5) is 30.3. The monoisotopic (exact) mass is 431 g/mol. The Kier molecular flexibility index (Phi) is 5.98. The van der Waals surface area contributed by atoms with E-state index in [4.69, 9.17) is 0 Å². The summed E-state index contributed by atoms with van der Waals surface area (Å²) < 4.78 is 15.3. The summed E-state index contributed by atoms with van der Waals surface area (Å²) in [6.45, 7) is 2.17. The predicted molar refractivity (Wildman–Crippen MR) is 119 cm³/mol. The number of aliphatic carboxylic acids is 1. The highest BCUT2D eigenvalue weighted by atomic mass is 19.1. The van der Waals surface area contributed by atoms with E-state index in [0.29, 0.717) is 23.2 Å². The molecule has 1 aromatic heterocycles. The predicted octanol–water partition coefficient (Wildman–Crippen LogP) is 4.26. The normalized spacial score (nSPS) is 10.9. The molecule has 0 fully saturated rings. The van der Waals surface area contributed by atoms with E-state index in [9.17, 15) is 19.1 Å². The summed E-state index contributed by atoms with van der Waals surface area (Å²) in [7, 11) is 0. The SMILES string of the molecule is Cc1nc2cc(C(=O)N(CC(=O)O)Cc3ccc(F)cc3)ccc2n1Cc1ccccc1. The summed E-state index contributed by atoms with van der Waals surface area (Å²) in [5, 5.41) is 9.28. The second kappa shape index (κ2) is 9.01. The van der Waals surface area contributed by atoms with Crippen molar-refractivity contribution in [2.45, 2.75) is 20.0 Å². The molecule has 0 aliphatic heterocycles. The minimum atomic E-state index is -1.12. The Morgan fingerprint density at radius 3 is 2.41 bits per heavy atom. The molecule has 0 unspecified atom stereocenters. The van der Waals surface area contributed by atoms with Crippen LogP contribution in [0.1, 0.15) is 27.3 Å². The third-order valence-electron chi connectivity index (χ3n) is 5.27. The van der Waals surface area contributed by atoms with Gasteiger partial charge in [-0.1, -0.05) is 42.5 Å². The van der Waals surface area contributed by atoms with E-state index < -0.39 is 24.2 Å². The van der Waals surface area contributed by atoms with E-state index in [1.165, 1.54) is 29.2 Å². The van der Waals surface area contributed by atoms with Crippen LogP contribution in [-0.4, -0.2) is 38.0 Å². The molecule has 1 heterocycles. The van der Waals surface area contributed by atoms with Crippen molar-refractivity contribution in [1.29, 1.82) is 0 Å². The number of amides is 1. The highest BCUT2D eigenvalue weighted by Gasteiger charge is 2.20. The summed E-state index contributed by atoms with van der Waals surface area (Å²) in [5.41, 5.74) is 3.70. The van der Waals surface area contributed by atoms with Gasteiger partial charge in [0.15, 0.2) is 0 Å². The number of carboxylic acids is 1. The Balaban J connectivity index is 1.62. The van der Waals surface area contributed by atoms with Crippen LogP contribution in [0, 0.1) is 12.7 Å². The van der Waals surface area contributed by atoms with Crippen molar-refractivity contribution in [3.05, 3.63) is 101 Å². The van der Waals surface area contributed by atoms with E-state index in [1.54, 1.807) is 12.1 Å². The number of imidazole rings is 1. The summed E-state index contributed by atoms with van der Waals surface area (Å²) in [6, 6.07) is 20.9. The molecule has 0 atom stereocenters. The minimum Gasteiger partial charge on any atom is -0.480 e. The lowest BCUT2D eigenvalue weighted by atomic mass is 10.1. The molecule has 3 aromatic carbocycles. The molecule has 0 spiro atoms. The molecular weight excluding hydrogens is 409 g/mol. The highest BCUT2D eigenvalue weighted by Crippen LogP contribution is 2.21. The molecule has 1 amide bonds. The van der Waals surface area contributed by atoms with Gasteiger partial charge in [-0.15, -0.1) is 0 Å². The molecule has 0 saturated carbocycles. The molecule has 7 heteroatoms. The summed E-state index contributed by atoms with van der Waals surface area (Å²) >= 11 is 0. The molecule has 4 rings (SSSR count). The van der Waals surface area contributed by atoms with Crippen molar-refractivity contribution in [2.24, 2.45) is 0 Å². The molecule has 162 valence electrons. The Labute approximate surface area is 184 Å². The molecule has 6 nitrogen and oxygen atoms in total. The van der Waals surface area contributed by atoms with E-state index >= 15 is 0 Å². The second-order valence-electron chi connectivity index (χ2n) is 7.62. The van der Waals surface area contributed by atoms with Crippen molar-refractivity contribution in [3.63, 3.8) is 0 Å². The van der Waals surface area contributed by atoms with Crippen molar-refractivity contribution in [2.75, 3.05) is 6.54 Å². The number of halogens is 1. The number of nitrogens with zero attached hydrogens (tertiary/aromatic N) is 3. The molecule has 0 aliphatic carbocycles. The van der Waals surface area contributed by atoms with Crippen molar-refractivity contribution in [3.8, 4) is 0 Å². The molecule has 32 heavy (non-hydrogen) atoms. The quantitative estimate of drug-likeness (QED) is 0.475. The fourth-order valence-corrected chi connectivity index (χ4v) is 3.70. The van der Waals surface area contributed by atoms with Gasteiger partial charge in [-0.3, -0.25) is 9.59 Å². The van der Waals surface area contributed by atoms with Crippen molar-refractivity contribution in [1.82, 2.24) is 14.5 Å². The number of rotatable bonds is 7. The van der Waals surface area contributed by atoms with Gasteiger partial charge in [0.1, 0.15) is 18.2 Å². The average Bonchev–Trinajstić information content (AvgIpc) is 3.09. The Morgan fingerprint density at radius 2 is 1.72 bits per heavy atom. The number of carbonyl (C=O) groups excluding carboxylic acids is 1. The Morgan fingerprint density at radius 1 is 1.00 bits per heavy atom. The lowest BCUT2D eigenvalue weighted by Gasteiger charge is -2.21.